The zero-order valence-corrected chi connectivity index (χ0v) is 22.9. The Morgan fingerprint density at radius 1 is 1.07 bits per heavy atom. The number of carbonyl (C=O) groups is 1. The summed E-state index contributed by atoms with van der Waals surface area (Å²) >= 11 is 5.94. The van der Waals surface area contributed by atoms with Crippen molar-refractivity contribution < 1.29 is 34.4 Å². The molecule has 2 aromatic carbocycles. The van der Waals surface area contributed by atoms with Crippen LogP contribution < -0.4 is 4.74 Å². The molecule has 0 saturated heterocycles. The number of esters is 1. The van der Waals surface area contributed by atoms with Crippen molar-refractivity contribution in [3.63, 3.8) is 0 Å². The number of hydrogen-bond donors (Lipinski definition) is 3. The van der Waals surface area contributed by atoms with E-state index in [-0.39, 0.29) is 50.5 Å². The summed E-state index contributed by atoms with van der Waals surface area (Å²) in [4.78, 5) is 26.5. The van der Waals surface area contributed by atoms with Gasteiger partial charge in [-0.1, -0.05) is 66.2 Å². The maximum absolute atomic E-state index is 12.0. The van der Waals surface area contributed by atoms with Crippen LogP contribution in [0.15, 0.2) is 78.2 Å². The van der Waals surface area contributed by atoms with Crippen LogP contribution in [-0.2, 0) is 27.6 Å². The highest BCUT2D eigenvalue weighted by molar-refractivity contribution is 6.30. The van der Waals surface area contributed by atoms with Crippen LogP contribution in [-0.4, -0.2) is 46.2 Å². The monoisotopic (exact) mass is 573 g/mol. The lowest BCUT2D eigenvalue weighted by atomic mass is 9.89. The lowest BCUT2D eigenvalue weighted by molar-refractivity contribution is -0.145. The molecule has 0 spiro atoms. The molecule has 5 atom stereocenters. The SMILES string of the molecule is O=NOCc1ccc(COC(=O)CCC/C=C\C[C@@H]2[C@@H](/C=C/[C@@H](O)COc3cccc(Cl)c3)[C@H](O)C[C@@H]2O)cc1. The van der Waals surface area contributed by atoms with Crippen LogP contribution in [0.1, 0.15) is 43.2 Å². The Labute approximate surface area is 239 Å². The molecule has 1 fully saturated rings. The maximum atomic E-state index is 12.0. The van der Waals surface area contributed by atoms with Crippen LogP contribution in [0.5, 0.6) is 5.75 Å². The lowest BCUT2D eigenvalue weighted by Gasteiger charge is -2.19. The Bertz CT molecular complexity index is 1120. The van der Waals surface area contributed by atoms with E-state index in [1.807, 2.05) is 12.2 Å². The van der Waals surface area contributed by atoms with Crippen molar-refractivity contribution in [1.82, 2.24) is 0 Å². The van der Waals surface area contributed by atoms with Gasteiger partial charge in [-0.05, 0) is 54.5 Å². The van der Waals surface area contributed by atoms with Gasteiger partial charge in [0.2, 0.25) is 0 Å². The highest BCUT2D eigenvalue weighted by Crippen LogP contribution is 2.36. The number of ether oxygens (including phenoxy) is 2. The van der Waals surface area contributed by atoms with Gasteiger partial charge in [0.25, 0.3) is 0 Å². The van der Waals surface area contributed by atoms with Gasteiger partial charge >= 0.3 is 5.97 Å². The molecule has 0 bridgehead atoms. The summed E-state index contributed by atoms with van der Waals surface area (Å²) in [7, 11) is 0. The zero-order valence-electron chi connectivity index (χ0n) is 22.2. The number of unbranched alkanes of at least 4 members (excludes halogenated alkanes) is 1. The van der Waals surface area contributed by atoms with Gasteiger partial charge in [0.05, 0.1) is 12.2 Å². The van der Waals surface area contributed by atoms with E-state index >= 15 is 0 Å². The first-order valence-corrected chi connectivity index (χ1v) is 13.7. The highest BCUT2D eigenvalue weighted by Gasteiger charge is 2.39. The molecule has 1 saturated carbocycles. The minimum Gasteiger partial charge on any atom is -0.491 e. The van der Waals surface area contributed by atoms with Crippen molar-refractivity contribution in [1.29, 1.82) is 0 Å². The van der Waals surface area contributed by atoms with Crippen molar-refractivity contribution in [2.75, 3.05) is 6.61 Å². The second-order valence-electron chi connectivity index (χ2n) is 9.76. The summed E-state index contributed by atoms with van der Waals surface area (Å²) in [5.41, 5.74) is 1.62. The maximum Gasteiger partial charge on any atom is 0.306 e. The largest absolute Gasteiger partial charge is 0.491 e. The Kier molecular flexibility index (Phi) is 13.1. The molecule has 216 valence electrons. The van der Waals surface area contributed by atoms with E-state index in [1.165, 1.54) is 0 Å². The molecule has 3 N–H and O–H groups in total. The van der Waals surface area contributed by atoms with Gasteiger partial charge in [-0.25, -0.2) is 0 Å². The summed E-state index contributed by atoms with van der Waals surface area (Å²) in [6.45, 7) is 0.302. The molecular formula is C30H36ClNO8. The van der Waals surface area contributed by atoms with E-state index in [0.29, 0.717) is 30.0 Å². The number of aliphatic hydroxyl groups excluding tert-OH is 3. The zero-order chi connectivity index (χ0) is 28.7. The average Bonchev–Trinajstić information content (AvgIpc) is 3.22. The second-order valence-corrected chi connectivity index (χ2v) is 10.2. The Morgan fingerprint density at radius 3 is 2.55 bits per heavy atom. The molecule has 0 amide bonds. The van der Waals surface area contributed by atoms with Gasteiger partial charge in [0.15, 0.2) is 5.34 Å². The van der Waals surface area contributed by atoms with E-state index in [2.05, 4.69) is 10.2 Å². The molecule has 0 aromatic heterocycles. The fourth-order valence-electron chi connectivity index (χ4n) is 4.56. The van der Waals surface area contributed by atoms with Crippen molar-refractivity contribution in [2.45, 2.75) is 63.6 Å². The molecule has 0 unspecified atom stereocenters. The van der Waals surface area contributed by atoms with Gasteiger partial charge in [0, 0.05) is 23.8 Å². The molecule has 2 aromatic rings. The van der Waals surface area contributed by atoms with Crippen molar-refractivity contribution in [3.05, 3.63) is 93.9 Å². The Morgan fingerprint density at radius 2 is 1.82 bits per heavy atom. The average molecular weight is 574 g/mol. The third-order valence-corrected chi connectivity index (χ3v) is 6.96. The van der Waals surface area contributed by atoms with Crippen molar-refractivity contribution in [3.8, 4) is 5.75 Å². The summed E-state index contributed by atoms with van der Waals surface area (Å²) in [6.07, 6.45) is 7.49. The van der Waals surface area contributed by atoms with Gasteiger partial charge < -0.3 is 29.6 Å². The molecule has 40 heavy (non-hydrogen) atoms. The number of halogens is 1. The molecular weight excluding hydrogens is 538 g/mol. The fraction of sp³-hybridized carbons (Fsp3) is 0.433. The topological polar surface area (TPSA) is 135 Å². The predicted molar refractivity (Wildman–Crippen MR) is 150 cm³/mol. The van der Waals surface area contributed by atoms with Crippen LogP contribution in [0, 0.1) is 16.7 Å². The smallest absolute Gasteiger partial charge is 0.306 e. The number of hydrogen-bond acceptors (Lipinski definition) is 9. The number of nitrogens with zero attached hydrogens (tertiary/aromatic N) is 1. The van der Waals surface area contributed by atoms with E-state index in [0.717, 1.165) is 11.1 Å². The quantitative estimate of drug-likeness (QED) is 0.0834. The standard InChI is InChI=1S/C30H36ClNO8/c31-23-6-5-7-25(16-23)38-20-24(33)14-15-27-26(28(34)17-29(27)35)8-3-1-2-4-9-30(36)39-18-21-10-12-22(13-11-21)19-40-32-37/h1,3,5-7,10-16,24,26-29,33-35H,2,4,8-9,17-20H2/b3-1-,15-14+/t24-,26-,27-,28+,29-/m1/s1. The van der Waals surface area contributed by atoms with Crippen molar-refractivity contribution >= 4 is 17.6 Å². The van der Waals surface area contributed by atoms with E-state index in [4.69, 9.17) is 21.1 Å². The number of aliphatic hydroxyl groups is 3. The van der Waals surface area contributed by atoms with Gasteiger partial charge in [-0.3, -0.25) is 4.79 Å². The van der Waals surface area contributed by atoms with Crippen LogP contribution in [0.4, 0.5) is 0 Å². The fourth-order valence-corrected chi connectivity index (χ4v) is 4.74. The van der Waals surface area contributed by atoms with Crippen LogP contribution in [0.3, 0.4) is 0 Å². The van der Waals surface area contributed by atoms with Crippen LogP contribution >= 0.6 is 11.6 Å². The van der Waals surface area contributed by atoms with Crippen LogP contribution in [0.25, 0.3) is 0 Å². The van der Waals surface area contributed by atoms with Crippen LogP contribution in [0.2, 0.25) is 5.02 Å². The molecule has 0 aliphatic heterocycles. The molecule has 0 heterocycles. The second kappa shape index (κ2) is 16.8. The van der Waals surface area contributed by atoms with Gasteiger partial charge in [-0.15, -0.1) is 4.91 Å². The number of allylic oxidation sites excluding steroid dienone is 2. The lowest BCUT2D eigenvalue weighted by Crippen LogP contribution is -2.21. The first-order chi connectivity index (χ1) is 19.4. The number of carbonyl (C=O) groups excluding carboxylic acids is 1. The third kappa shape index (κ3) is 10.7. The predicted octanol–water partition coefficient (Wildman–Crippen LogP) is 5.05. The van der Waals surface area contributed by atoms with E-state index in [1.54, 1.807) is 60.7 Å². The third-order valence-electron chi connectivity index (χ3n) is 6.72. The summed E-state index contributed by atoms with van der Waals surface area (Å²) in [5, 5.41) is 34.1. The summed E-state index contributed by atoms with van der Waals surface area (Å²) < 4.78 is 10.9. The number of rotatable bonds is 16. The molecule has 1 aliphatic carbocycles. The van der Waals surface area contributed by atoms with E-state index < -0.39 is 18.3 Å². The summed E-state index contributed by atoms with van der Waals surface area (Å²) in [5.74, 6) is -0.206. The van der Waals surface area contributed by atoms with Gasteiger partial charge in [0.1, 0.15) is 31.7 Å². The first kappa shape index (κ1) is 31.3. The minimum atomic E-state index is -0.875. The molecule has 10 heteroatoms. The molecule has 3 rings (SSSR count). The molecule has 9 nitrogen and oxygen atoms in total. The molecule has 1 aliphatic rings. The summed E-state index contributed by atoms with van der Waals surface area (Å²) in [6, 6.07) is 14.1. The minimum absolute atomic E-state index is 0.0390. The Hall–Kier alpha value is -3.24. The van der Waals surface area contributed by atoms with Crippen molar-refractivity contribution in [2.24, 2.45) is 17.2 Å². The molecule has 0 radical (unpaired) electrons. The van der Waals surface area contributed by atoms with Gasteiger partial charge in [-0.2, -0.15) is 0 Å². The normalized spacial score (nSPS) is 21.5. The Balaban J connectivity index is 1.34. The number of benzene rings is 2. The highest BCUT2D eigenvalue weighted by atomic mass is 35.5. The van der Waals surface area contributed by atoms with E-state index in [9.17, 15) is 25.0 Å². The first-order valence-electron chi connectivity index (χ1n) is 13.3.